The maximum atomic E-state index is 13.1. The van der Waals surface area contributed by atoms with Crippen molar-refractivity contribution < 1.29 is 61.3 Å². The maximum Gasteiger partial charge on any atom is 0.416 e. The number of aryl methyl sites for hydroxylation is 1. The largest absolute Gasteiger partial charge is 0.486 e. The van der Waals surface area contributed by atoms with Gasteiger partial charge in [0.2, 0.25) is 26.0 Å². The minimum atomic E-state index is -4.53. The molecule has 0 spiro atoms. The number of rotatable bonds is 18. The van der Waals surface area contributed by atoms with Crippen molar-refractivity contribution in [3.8, 4) is 12.1 Å². The van der Waals surface area contributed by atoms with E-state index in [0.29, 0.717) is 58.2 Å². The molecule has 0 aliphatic carbocycles. The predicted octanol–water partition coefficient (Wildman–Crippen LogP) is 11.5. The zero-order chi connectivity index (χ0) is 63.1. The van der Waals surface area contributed by atoms with Crippen LogP contribution in [0, 0.1) is 32.8 Å². The van der Waals surface area contributed by atoms with Crippen LogP contribution in [0.2, 0.25) is 0 Å². The lowest BCUT2D eigenvalue weighted by molar-refractivity contribution is -0.385. The van der Waals surface area contributed by atoms with E-state index in [9.17, 15) is 72.3 Å². The standard InChI is InChI=1S/2C15H20N2O3S.C13H18F3NO2S.C12H18N2O4S/c1-10(2)13-7-15(21(18,19)17-9-20-5)14(11(3)4)6-12(13)8-16;1-9(2)13-7-15(21(19,20)17-11(5)18)14(10(3)4)6-12(13)8-16;1-7(2)9-6-12(20(17,18)19)10(8(3)4)5-11(9)13(14,15)16;1-3-5-9-7-11(14(15)16)10(6-4-2)12(8-9)19(13,17)18/h6-7,9-11H,1-5H3;6-7,9-10H,1-5H3,(H,17,18);5-8H,1-4H3,(H2,17,18,19);7-8H,3-6H2,1-2H3,(H2,13,17,18). The molecule has 0 unspecified atom stereocenters. The number of carbonyl (C=O) groups excluding carboxylic acids is 1. The zero-order valence-electron chi connectivity index (χ0n) is 48.6. The van der Waals surface area contributed by atoms with Gasteiger partial charge in [-0.3, -0.25) is 14.9 Å². The first kappa shape index (κ1) is 72.7. The van der Waals surface area contributed by atoms with Crippen LogP contribution in [0.4, 0.5) is 18.9 Å². The van der Waals surface area contributed by atoms with Gasteiger partial charge in [0.15, 0.2) is 6.40 Å². The summed E-state index contributed by atoms with van der Waals surface area (Å²) in [5, 5.41) is 39.9. The lowest BCUT2D eigenvalue weighted by Crippen LogP contribution is -2.29. The third kappa shape index (κ3) is 20.6. The summed E-state index contributed by atoms with van der Waals surface area (Å²) < 4.78 is 145. The number of methoxy groups -OCH3 is 1. The number of hydrogen-bond acceptors (Lipinski definition) is 14. The lowest BCUT2D eigenvalue weighted by Gasteiger charge is -2.20. The number of amides is 1. The highest BCUT2D eigenvalue weighted by atomic mass is 32.2. The van der Waals surface area contributed by atoms with E-state index in [1.165, 1.54) is 25.3 Å². The monoisotopic (exact) mass is 1210 g/mol. The molecule has 0 saturated heterocycles. The number of nitro benzene ring substituents is 1. The quantitative estimate of drug-likeness (QED) is 0.0361. The van der Waals surface area contributed by atoms with E-state index < -0.39 is 68.6 Å². The molecular weight excluding hydrogens is 1140 g/mol. The summed E-state index contributed by atoms with van der Waals surface area (Å²) >= 11 is 0. The van der Waals surface area contributed by atoms with Crippen molar-refractivity contribution in [3.05, 3.63) is 120 Å². The minimum Gasteiger partial charge on any atom is -0.486 e. The number of carbonyl (C=O) groups is 1. The lowest BCUT2D eigenvalue weighted by atomic mass is 9.91. The SMILES string of the molecule is CC(=O)NS(=O)(=O)c1cc(C(C)C)c(C#N)cc1C(C)C.CC(C)c1cc(S(N)(=O)=O)c(C(C)C)cc1C(F)(F)F.CCCc1cc([N+](=O)[O-])c(CCC)c(S(N)(=O)=O)c1.COC=NS(=O)(=O)c1cc(C(C)C)c(C#N)cc1C(C)C. The Morgan fingerprint density at radius 1 is 0.642 bits per heavy atom. The van der Waals surface area contributed by atoms with Crippen molar-refractivity contribution >= 4 is 58.1 Å². The molecule has 4 aromatic carbocycles. The third-order valence-electron chi connectivity index (χ3n) is 12.1. The summed E-state index contributed by atoms with van der Waals surface area (Å²) in [5.74, 6) is -1.56. The third-order valence-corrected chi connectivity index (χ3v) is 16.8. The fourth-order valence-corrected chi connectivity index (χ4v) is 12.5. The van der Waals surface area contributed by atoms with Crippen LogP contribution in [0.3, 0.4) is 0 Å². The normalized spacial score (nSPS) is 12.1. The fourth-order valence-electron chi connectivity index (χ4n) is 8.20. The van der Waals surface area contributed by atoms with Gasteiger partial charge in [-0.05, 0) is 130 Å². The van der Waals surface area contributed by atoms with Crippen LogP contribution < -0.4 is 15.0 Å². The van der Waals surface area contributed by atoms with Gasteiger partial charge in [0.05, 0.1) is 60.4 Å². The maximum absolute atomic E-state index is 13.1. The second-order valence-electron chi connectivity index (χ2n) is 20.6. The zero-order valence-corrected chi connectivity index (χ0v) is 51.9. The van der Waals surface area contributed by atoms with Crippen LogP contribution in [0.15, 0.2) is 72.5 Å². The molecule has 0 radical (unpaired) electrons. The molecule has 0 aromatic heterocycles. The second-order valence-corrected chi connectivity index (χ2v) is 26.9. The molecule has 1 amide bonds. The first-order chi connectivity index (χ1) is 37.0. The number of sulfonamides is 4. The van der Waals surface area contributed by atoms with Crippen molar-refractivity contribution in [1.82, 2.24) is 4.72 Å². The Morgan fingerprint density at radius 3 is 1.38 bits per heavy atom. The first-order valence-electron chi connectivity index (χ1n) is 25.6. The molecule has 26 heteroatoms. The van der Waals surface area contributed by atoms with Crippen LogP contribution >= 0.6 is 0 Å². The smallest absolute Gasteiger partial charge is 0.416 e. The molecule has 19 nitrogen and oxygen atoms in total. The summed E-state index contributed by atoms with van der Waals surface area (Å²) in [4.78, 5) is 21.5. The molecule has 0 atom stereocenters. The van der Waals surface area contributed by atoms with E-state index in [1.807, 2.05) is 74.0 Å². The van der Waals surface area contributed by atoms with Gasteiger partial charge in [0, 0.05) is 18.6 Å². The molecule has 0 bridgehead atoms. The predicted molar refractivity (Wildman–Crippen MR) is 306 cm³/mol. The summed E-state index contributed by atoms with van der Waals surface area (Å²) in [5.41, 5.74) is 3.34. The Bertz CT molecular complexity index is 3490. The fraction of sp³-hybridized carbons (Fsp3) is 0.491. The Kier molecular flexibility index (Phi) is 27.1. The van der Waals surface area contributed by atoms with Gasteiger partial charge in [-0.1, -0.05) is 110 Å². The van der Waals surface area contributed by atoms with Crippen molar-refractivity contribution in [2.45, 2.75) is 191 Å². The molecule has 0 saturated carbocycles. The minimum absolute atomic E-state index is 0.00661. The molecule has 4 rings (SSSR count). The average Bonchev–Trinajstić information content (AvgIpc) is 3.33. The van der Waals surface area contributed by atoms with Gasteiger partial charge in [-0.25, -0.2) is 40.3 Å². The van der Waals surface area contributed by atoms with Crippen molar-refractivity contribution in [1.29, 1.82) is 10.5 Å². The number of hydrogen-bond donors (Lipinski definition) is 3. The number of nitro groups is 1. The van der Waals surface area contributed by atoms with Crippen molar-refractivity contribution in [2.24, 2.45) is 14.7 Å². The molecule has 5 N–H and O–H groups in total. The van der Waals surface area contributed by atoms with Crippen LogP contribution in [0.5, 0.6) is 0 Å². The number of halogens is 3. The van der Waals surface area contributed by atoms with Gasteiger partial charge < -0.3 is 4.74 Å². The van der Waals surface area contributed by atoms with E-state index in [0.717, 1.165) is 31.9 Å². The molecule has 4 aromatic rings. The summed E-state index contributed by atoms with van der Waals surface area (Å²) in [6, 6.07) is 15.4. The van der Waals surface area contributed by atoms with E-state index in [4.69, 9.17) is 10.3 Å². The van der Waals surface area contributed by atoms with Gasteiger partial charge in [-0.2, -0.15) is 32.1 Å². The molecule has 0 heterocycles. The van der Waals surface area contributed by atoms with E-state index in [-0.39, 0.29) is 71.5 Å². The molecule has 0 aliphatic heterocycles. The summed E-state index contributed by atoms with van der Waals surface area (Å²) in [6.07, 6.45) is -1.36. The Hall–Kier alpha value is -6.29. The molecular formula is C55H76F3N7O12S4. The molecule has 0 fully saturated rings. The first-order valence-corrected chi connectivity index (χ1v) is 31.6. The van der Waals surface area contributed by atoms with Gasteiger partial charge >= 0.3 is 6.18 Å². The van der Waals surface area contributed by atoms with Crippen molar-refractivity contribution in [3.63, 3.8) is 0 Å². The average molecular weight is 1210 g/mol. The summed E-state index contributed by atoms with van der Waals surface area (Å²) in [6.45, 7) is 26.4. The van der Waals surface area contributed by atoms with E-state index in [1.54, 1.807) is 45.9 Å². The topological polar surface area (TPSA) is 330 Å². The highest BCUT2D eigenvalue weighted by Crippen LogP contribution is 2.40. The number of ether oxygens (including phenoxy) is 1. The van der Waals surface area contributed by atoms with Gasteiger partial charge in [0.1, 0.15) is 0 Å². The molecule has 448 valence electrons. The summed E-state index contributed by atoms with van der Waals surface area (Å²) in [7, 11) is -14.5. The van der Waals surface area contributed by atoms with Crippen LogP contribution in [-0.4, -0.2) is 58.0 Å². The number of primary sulfonamides is 2. The number of alkyl halides is 3. The van der Waals surface area contributed by atoms with Crippen LogP contribution in [0.25, 0.3) is 0 Å². The van der Waals surface area contributed by atoms with Gasteiger partial charge in [0.25, 0.3) is 25.7 Å². The van der Waals surface area contributed by atoms with Crippen LogP contribution in [-0.2, 0) is 68.6 Å². The highest BCUT2D eigenvalue weighted by Gasteiger charge is 2.36. The number of benzene rings is 4. The number of nitrogens with zero attached hydrogens (tertiary/aromatic N) is 4. The highest BCUT2D eigenvalue weighted by molar-refractivity contribution is 7.90. The van der Waals surface area contributed by atoms with Crippen LogP contribution in [0.1, 0.15) is 213 Å². The van der Waals surface area contributed by atoms with Gasteiger partial charge in [-0.15, -0.1) is 4.40 Å². The van der Waals surface area contributed by atoms with Crippen molar-refractivity contribution in [2.75, 3.05) is 7.11 Å². The second kappa shape index (κ2) is 30.1. The Labute approximate surface area is 476 Å². The van der Waals surface area contributed by atoms with E-state index >= 15 is 0 Å². The molecule has 0 aliphatic rings. The van der Waals surface area contributed by atoms with E-state index in [2.05, 4.69) is 21.3 Å². The Balaban J connectivity index is 0.000000540. The molecule has 81 heavy (non-hydrogen) atoms. The number of nitriles is 2. The Morgan fingerprint density at radius 2 is 1.04 bits per heavy atom. The number of nitrogens with one attached hydrogen (secondary N) is 1. The number of nitrogens with two attached hydrogens (primary N) is 2.